The summed E-state index contributed by atoms with van der Waals surface area (Å²) in [5, 5.41) is 6.52. The highest BCUT2D eigenvalue weighted by molar-refractivity contribution is 5.92. The molecule has 0 aliphatic carbocycles. The van der Waals surface area contributed by atoms with Gasteiger partial charge in [0, 0.05) is 25.1 Å². The van der Waals surface area contributed by atoms with E-state index in [1.54, 1.807) is 30.9 Å². The van der Waals surface area contributed by atoms with Gasteiger partial charge in [0.25, 0.3) is 5.91 Å². The number of carbonyl (C=O) groups excluding carboxylic acids is 1. The maximum absolute atomic E-state index is 12.3. The highest BCUT2D eigenvalue weighted by atomic mass is 16.2. The van der Waals surface area contributed by atoms with Gasteiger partial charge < -0.3 is 4.90 Å². The van der Waals surface area contributed by atoms with Gasteiger partial charge in [-0.1, -0.05) is 0 Å². The average Bonchev–Trinajstić information content (AvgIpc) is 3.10. The number of amides is 1. The summed E-state index contributed by atoms with van der Waals surface area (Å²) >= 11 is 0. The van der Waals surface area contributed by atoms with E-state index in [1.165, 1.54) is 0 Å². The second-order valence-corrected chi connectivity index (χ2v) is 4.26. The third kappa shape index (κ3) is 1.85. The zero-order valence-electron chi connectivity index (χ0n) is 9.78. The van der Waals surface area contributed by atoms with Crippen LogP contribution in [0, 0.1) is 0 Å². The Bertz CT molecular complexity index is 525. The first-order chi connectivity index (χ1) is 8.86. The van der Waals surface area contributed by atoms with Gasteiger partial charge in [-0.2, -0.15) is 5.10 Å². The van der Waals surface area contributed by atoms with Gasteiger partial charge in [-0.3, -0.25) is 19.9 Å². The lowest BCUT2D eigenvalue weighted by Gasteiger charge is -2.23. The maximum Gasteiger partial charge on any atom is 0.272 e. The lowest BCUT2D eigenvalue weighted by Crippen LogP contribution is -2.31. The number of nitrogens with zero attached hydrogens (tertiary/aromatic N) is 4. The summed E-state index contributed by atoms with van der Waals surface area (Å²) in [6, 6.07) is 1.71. The number of aromatic nitrogens is 4. The molecule has 1 fully saturated rings. The van der Waals surface area contributed by atoms with Gasteiger partial charge in [0.05, 0.1) is 17.9 Å². The largest absolute Gasteiger partial charge is 0.329 e. The van der Waals surface area contributed by atoms with Gasteiger partial charge in [-0.05, 0) is 18.9 Å². The van der Waals surface area contributed by atoms with Crippen LogP contribution in [-0.2, 0) is 0 Å². The van der Waals surface area contributed by atoms with Gasteiger partial charge in [-0.25, -0.2) is 0 Å². The number of hydrogen-bond acceptors (Lipinski definition) is 4. The minimum atomic E-state index is -0.0272. The molecule has 1 saturated heterocycles. The number of likely N-dealkylation sites (tertiary alicyclic amines) is 1. The Balaban J connectivity index is 1.86. The second-order valence-electron chi connectivity index (χ2n) is 4.26. The summed E-state index contributed by atoms with van der Waals surface area (Å²) in [5.74, 6) is -0.0272. The van der Waals surface area contributed by atoms with Crippen molar-refractivity contribution in [3.63, 3.8) is 0 Å². The van der Waals surface area contributed by atoms with Crippen molar-refractivity contribution < 1.29 is 4.79 Å². The van der Waals surface area contributed by atoms with E-state index in [9.17, 15) is 4.79 Å². The van der Waals surface area contributed by atoms with Crippen LogP contribution in [0.5, 0.6) is 0 Å². The van der Waals surface area contributed by atoms with Crippen LogP contribution in [0.2, 0.25) is 0 Å². The van der Waals surface area contributed by atoms with Gasteiger partial charge in [0.15, 0.2) is 0 Å². The van der Waals surface area contributed by atoms with E-state index in [2.05, 4.69) is 20.2 Å². The van der Waals surface area contributed by atoms with Gasteiger partial charge in [0.1, 0.15) is 5.69 Å². The Labute approximate surface area is 104 Å². The van der Waals surface area contributed by atoms with Gasteiger partial charge in [-0.15, -0.1) is 0 Å². The van der Waals surface area contributed by atoms with Crippen LogP contribution in [-0.4, -0.2) is 37.5 Å². The molecule has 6 nitrogen and oxygen atoms in total. The molecule has 0 spiro atoms. The molecule has 0 aromatic carbocycles. The third-order valence-electron chi connectivity index (χ3n) is 3.17. The Hall–Kier alpha value is -2.24. The molecule has 2 aromatic heterocycles. The van der Waals surface area contributed by atoms with E-state index in [0.29, 0.717) is 5.69 Å². The van der Waals surface area contributed by atoms with Crippen molar-refractivity contribution in [2.45, 2.75) is 18.9 Å². The number of hydrogen-bond donors (Lipinski definition) is 1. The lowest BCUT2D eigenvalue weighted by molar-refractivity contribution is 0.0726. The van der Waals surface area contributed by atoms with Crippen molar-refractivity contribution >= 4 is 5.91 Å². The summed E-state index contributed by atoms with van der Waals surface area (Å²) in [5.41, 5.74) is 1.37. The monoisotopic (exact) mass is 243 g/mol. The molecule has 3 rings (SSSR count). The summed E-state index contributed by atoms with van der Waals surface area (Å²) in [6.45, 7) is 0.749. The zero-order valence-corrected chi connectivity index (χ0v) is 9.78. The van der Waals surface area contributed by atoms with Crippen molar-refractivity contribution in [3.05, 3.63) is 42.2 Å². The van der Waals surface area contributed by atoms with Crippen molar-refractivity contribution in [1.29, 1.82) is 0 Å². The molecule has 6 heteroatoms. The van der Waals surface area contributed by atoms with Crippen LogP contribution in [0.25, 0.3) is 0 Å². The molecule has 0 bridgehead atoms. The van der Waals surface area contributed by atoms with E-state index in [4.69, 9.17) is 0 Å². The van der Waals surface area contributed by atoms with Crippen LogP contribution in [0.1, 0.15) is 35.1 Å². The standard InChI is InChI=1S/C12H13N5O/c18-12(9-3-4-15-16-9)17-7-1-2-11(17)10-8-13-5-6-14-10/h3-6,8,11H,1-2,7H2,(H,15,16)/t11-/m0/s1. The Kier molecular flexibility index (Phi) is 2.76. The summed E-state index contributed by atoms with van der Waals surface area (Å²) in [7, 11) is 0. The van der Waals surface area contributed by atoms with E-state index >= 15 is 0 Å². The molecule has 1 aliphatic rings. The minimum absolute atomic E-state index is 0.0227. The fourth-order valence-electron chi connectivity index (χ4n) is 2.33. The number of carbonyl (C=O) groups is 1. The highest BCUT2D eigenvalue weighted by Crippen LogP contribution is 2.31. The average molecular weight is 243 g/mol. The number of rotatable bonds is 2. The molecule has 0 saturated carbocycles. The molecule has 92 valence electrons. The molecule has 2 aromatic rings. The molecule has 3 heterocycles. The predicted octanol–water partition coefficient (Wildman–Crippen LogP) is 1.18. The molecular weight excluding hydrogens is 230 g/mol. The minimum Gasteiger partial charge on any atom is -0.329 e. The summed E-state index contributed by atoms with van der Waals surface area (Å²) in [6.07, 6.45) is 8.52. The highest BCUT2D eigenvalue weighted by Gasteiger charge is 2.32. The summed E-state index contributed by atoms with van der Waals surface area (Å²) < 4.78 is 0. The second kappa shape index (κ2) is 4.56. The zero-order chi connectivity index (χ0) is 12.4. The molecule has 1 aliphatic heterocycles. The molecular formula is C12H13N5O. The molecule has 0 unspecified atom stereocenters. The van der Waals surface area contributed by atoms with Crippen molar-refractivity contribution in [1.82, 2.24) is 25.1 Å². The van der Waals surface area contributed by atoms with Crippen molar-refractivity contribution in [2.75, 3.05) is 6.54 Å². The van der Waals surface area contributed by atoms with E-state index < -0.39 is 0 Å². The predicted molar refractivity (Wildman–Crippen MR) is 63.6 cm³/mol. The van der Waals surface area contributed by atoms with Crippen LogP contribution < -0.4 is 0 Å². The molecule has 0 radical (unpaired) electrons. The van der Waals surface area contributed by atoms with Crippen LogP contribution in [0.15, 0.2) is 30.9 Å². The van der Waals surface area contributed by atoms with Crippen molar-refractivity contribution in [3.8, 4) is 0 Å². The number of nitrogens with one attached hydrogen (secondary N) is 1. The van der Waals surface area contributed by atoms with E-state index in [0.717, 1.165) is 25.1 Å². The van der Waals surface area contributed by atoms with E-state index in [-0.39, 0.29) is 11.9 Å². The number of aromatic amines is 1. The Morgan fingerprint density at radius 1 is 1.39 bits per heavy atom. The maximum atomic E-state index is 12.3. The normalized spacial score (nSPS) is 19.1. The Morgan fingerprint density at radius 2 is 2.33 bits per heavy atom. The van der Waals surface area contributed by atoms with E-state index in [1.807, 2.05) is 4.90 Å². The quantitative estimate of drug-likeness (QED) is 0.859. The SMILES string of the molecule is O=C(c1ccn[nH]1)N1CCC[C@H]1c1cnccn1. The smallest absolute Gasteiger partial charge is 0.272 e. The first kappa shape index (κ1) is 10.9. The fraction of sp³-hybridized carbons (Fsp3) is 0.333. The third-order valence-corrected chi connectivity index (χ3v) is 3.17. The van der Waals surface area contributed by atoms with Gasteiger partial charge in [0.2, 0.25) is 0 Å². The molecule has 1 atom stereocenters. The van der Waals surface area contributed by atoms with Crippen LogP contribution in [0.3, 0.4) is 0 Å². The summed E-state index contributed by atoms with van der Waals surface area (Å²) in [4.78, 5) is 22.5. The lowest BCUT2D eigenvalue weighted by atomic mass is 10.1. The molecule has 1 amide bonds. The van der Waals surface area contributed by atoms with Crippen LogP contribution >= 0.6 is 0 Å². The van der Waals surface area contributed by atoms with Gasteiger partial charge >= 0.3 is 0 Å². The molecule has 1 N–H and O–H groups in total. The first-order valence-electron chi connectivity index (χ1n) is 5.92. The van der Waals surface area contributed by atoms with Crippen molar-refractivity contribution in [2.24, 2.45) is 0 Å². The Morgan fingerprint density at radius 3 is 3.06 bits per heavy atom. The first-order valence-corrected chi connectivity index (χ1v) is 5.92. The number of H-pyrrole nitrogens is 1. The topological polar surface area (TPSA) is 74.8 Å². The molecule has 18 heavy (non-hydrogen) atoms. The van der Waals surface area contributed by atoms with Crippen LogP contribution in [0.4, 0.5) is 0 Å². The fourth-order valence-corrected chi connectivity index (χ4v) is 2.33.